The predicted octanol–water partition coefficient (Wildman–Crippen LogP) is 2.56. The minimum atomic E-state index is -1.11. The Kier molecular flexibility index (Phi) is 11.1. The molecule has 2 aliphatic carbocycles. The van der Waals surface area contributed by atoms with E-state index in [4.69, 9.17) is 47.4 Å². The summed E-state index contributed by atoms with van der Waals surface area (Å²) in [6.45, 7) is 9.52. The number of hydrogen-bond acceptors (Lipinski definition) is 15. The van der Waals surface area contributed by atoms with E-state index in [0.29, 0.717) is 31.3 Å². The van der Waals surface area contributed by atoms with Crippen LogP contribution >= 0.6 is 0 Å². The van der Waals surface area contributed by atoms with Gasteiger partial charge in [-0.2, -0.15) is 0 Å². The zero-order valence-electron chi connectivity index (χ0n) is 32.6. The Hall–Kier alpha value is -2.02. The number of aliphatic hydroxyl groups is 3. The van der Waals surface area contributed by atoms with Crippen LogP contribution in [-0.2, 0) is 57.0 Å². The van der Waals surface area contributed by atoms with Gasteiger partial charge in [-0.3, -0.25) is 4.79 Å². The molecule has 8 aliphatic rings. The van der Waals surface area contributed by atoms with Crippen molar-refractivity contribution < 1.29 is 72.3 Å². The van der Waals surface area contributed by atoms with E-state index in [1.54, 1.807) is 20.8 Å². The fourth-order valence-electron chi connectivity index (χ4n) is 10.6. The van der Waals surface area contributed by atoms with Crippen molar-refractivity contribution in [2.75, 3.05) is 13.7 Å². The van der Waals surface area contributed by atoms with Gasteiger partial charge in [-0.1, -0.05) is 24.6 Å². The van der Waals surface area contributed by atoms with Crippen LogP contribution in [0.4, 0.5) is 0 Å². The molecule has 19 atom stereocenters. The molecule has 8 rings (SSSR count). The van der Waals surface area contributed by atoms with Crippen molar-refractivity contribution in [3.8, 4) is 0 Å². The highest BCUT2D eigenvalue weighted by Gasteiger charge is 2.61. The molecule has 15 nitrogen and oxygen atoms in total. The Bertz CT molecular complexity index is 1490. The third kappa shape index (κ3) is 7.34. The number of carbonyl (C=O) groups excluding carboxylic acids is 2. The molecule has 0 aromatic heterocycles. The maximum absolute atomic E-state index is 13.7. The second kappa shape index (κ2) is 15.3. The molecule has 1 saturated carbocycles. The van der Waals surface area contributed by atoms with Gasteiger partial charge in [-0.15, -0.1) is 0 Å². The van der Waals surface area contributed by atoms with E-state index in [-0.39, 0.29) is 48.8 Å². The van der Waals surface area contributed by atoms with E-state index in [0.717, 1.165) is 12.8 Å². The van der Waals surface area contributed by atoms with Gasteiger partial charge in [0.25, 0.3) is 0 Å². The smallest absolute Gasteiger partial charge is 0.336 e. The SMILES string of the molecule is CO[C@@H]1C[C@H](O[C@@H]2[C@@H](O)C[C@H](O[C@H]3[C@H](O)C[C@@H](O[C@H]4CC[C@@]5(C)C(=CC[C@H]6C(=O)O[C@@H]7CO[C@@]8(C)OC(=O)/C(=C\C[C@H]65)[C@@H]78)C4)O[C@@H]3C)O[C@@H]2C)O[C@@H](C)[C@H]1O. The molecule has 6 aliphatic heterocycles. The fourth-order valence-corrected chi connectivity index (χ4v) is 10.6. The van der Waals surface area contributed by atoms with Crippen LogP contribution in [0.5, 0.6) is 0 Å². The zero-order valence-corrected chi connectivity index (χ0v) is 32.6. The number of hydrogen-bond donors (Lipinski definition) is 3. The molecular weight excluding hydrogens is 720 g/mol. The van der Waals surface area contributed by atoms with Crippen molar-refractivity contribution in [2.45, 2.75) is 178 Å². The van der Waals surface area contributed by atoms with Gasteiger partial charge in [0.1, 0.15) is 24.4 Å². The maximum atomic E-state index is 13.7. The quantitative estimate of drug-likeness (QED) is 0.253. The second-order valence-corrected chi connectivity index (χ2v) is 17.3. The van der Waals surface area contributed by atoms with E-state index >= 15 is 0 Å². The van der Waals surface area contributed by atoms with Crippen LogP contribution in [0.25, 0.3) is 0 Å². The minimum absolute atomic E-state index is 0.0510. The third-order valence-corrected chi connectivity index (χ3v) is 13.8. The molecule has 0 radical (unpaired) electrons. The molecule has 6 fully saturated rings. The van der Waals surface area contributed by atoms with Gasteiger partial charge in [-0.05, 0) is 64.2 Å². The van der Waals surface area contributed by atoms with Gasteiger partial charge < -0.3 is 62.7 Å². The summed E-state index contributed by atoms with van der Waals surface area (Å²) in [5, 5.41) is 32.6. The van der Waals surface area contributed by atoms with E-state index < -0.39 is 97.6 Å². The number of rotatable bonds is 7. The molecule has 55 heavy (non-hydrogen) atoms. The van der Waals surface area contributed by atoms with Gasteiger partial charge in [0.2, 0.25) is 5.79 Å². The fraction of sp³-hybridized carbons (Fsp3) is 0.850. The molecule has 0 aromatic carbocycles. The van der Waals surface area contributed by atoms with Gasteiger partial charge in [0.05, 0.1) is 61.2 Å². The van der Waals surface area contributed by atoms with Crippen LogP contribution < -0.4 is 0 Å². The first kappa shape index (κ1) is 39.8. The van der Waals surface area contributed by atoms with E-state index in [1.807, 2.05) is 13.0 Å². The summed E-state index contributed by atoms with van der Waals surface area (Å²) in [5.41, 5.74) is 1.48. The molecule has 0 spiro atoms. The number of aliphatic hydroxyl groups excluding tert-OH is 3. The Morgan fingerprint density at radius 2 is 1.45 bits per heavy atom. The molecule has 0 aromatic rings. The first-order chi connectivity index (χ1) is 26.2. The zero-order chi connectivity index (χ0) is 39.0. The van der Waals surface area contributed by atoms with Crippen molar-refractivity contribution in [1.82, 2.24) is 0 Å². The monoisotopic (exact) mass is 778 g/mol. The molecule has 0 amide bonds. The Morgan fingerprint density at radius 1 is 0.818 bits per heavy atom. The first-order valence-corrected chi connectivity index (χ1v) is 20.1. The summed E-state index contributed by atoms with van der Waals surface area (Å²) in [6, 6.07) is 0. The number of methoxy groups -OCH3 is 1. The van der Waals surface area contributed by atoms with Crippen LogP contribution in [0.2, 0.25) is 0 Å². The van der Waals surface area contributed by atoms with Crippen LogP contribution in [0, 0.1) is 23.2 Å². The normalized spacial score (nSPS) is 52.2. The highest BCUT2D eigenvalue weighted by Crippen LogP contribution is 2.56. The number of carbonyl (C=O) groups is 2. The number of esters is 2. The van der Waals surface area contributed by atoms with Crippen molar-refractivity contribution in [1.29, 1.82) is 0 Å². The average Bonchev–Trinajstić information content (AvgIpc) is 3.59. The summed E-state index contributed by atoms with van der Waals surface area (Å²) >= 11 is 0. The van der Waals surface area contributed by atoms with Gasteiger partial charge in [0.15, 0.2) is 18.9 Å². The van der Waals surface area contributed by atoms with Gasteiger partial charge >= 0.3 is 11.9 Å². The molecular formula is C40H58O15. The van der Waals surface area contributed by atoms with E-state index in [9.17, 15) is 24.9 Å². The second-order valence-electron chi connectivity index (χ2n) is 17.3. The summed E-state index contributed by atoms with van der Waals surface area (Å²) in [6.07, 6.45) is -0.766. The predicted molar refractivity (Wildman–Crippen MR) is 188 cm³/mol. The Labute approximate surface area is 321 Å². The molecule has 5 saturated heterocycles. The summed E-state index contributed by atoms with van der Waals surface area (Å²) in [5.74, 6) is -2.58. The Morgan fingerprint density at radius 3 is 2.11 bits per heavy atom. The van der Waals surface area contributed by atoms with E-state index in [2.05, 4.69) is 13.0 Å². The third-order valence-electron chi connectivity index (χ3n) is 13.8. The van der Waals surface area contributed by atoms with Crippen molar-refractivity contribution in [2.24, 2.45) is 23.2 Å². The van der Waals surface area contributed by atoms with Gasteiger partial charge in [-0.25, -0.2) is 4.79 Å². The largest absolute Gasteiger partial charge is 0.459 e. The number of allylic oxidation sites excluding steroid dienone is 2. The van der Waals surface area contributed by atoms with Crippen molar-refractivity contribution in [3.63, 3.8) is 0 Å². The lowest BCUT2D eigenvalue weighted by Crippen LogP contribution is -2.56. The number of fused-ring (bicyclic) bond motifs is 3. The standard InChI is InChI=1S/C40H58O15/c1-18-34(43)28(46-6)16-32(48-18)54-36-20(3)50-31(15-27(36)42)53-35-19(2)49-30(14-26(35)41)51-22-11-12-39(4)21(13-22)7-8-23-25(39)10-9-24-33-29(52-37(23)44)17-47-40(33,5)55-38(24)45/h7,9,18-20,22-23,25-36,41-43H,8,10-17H2,1-6H3/b24-9-/t18-,19+,20+,22-,23+,25+,26+,27-,28+,29+,30+,31-,32-,33-,34+,35+,36-,39-,40-/m0/s1. The molecule has 0 unspecified atom stereocenters. The minimum Gasteiger partial charge on any atom is -0.459 e. The lowest BCUT2D eigenvalue weighted by Gasteiger charge is -2.50. The summed E-state index contributed by atoms with van der Waals surface area (Å²) < 4.78 is 59.9. The molecule has 3 N–H and O–H groups in total. The average molecular weight is 779 g/mol. The Balaban J connectivity index is 0.850. The summed E-state index contributed by atoms with van der Waals surface area (Å²) in [4.78, 5) is 26.6. The lowest BCUT2D eigenvalue weighted by molar-refractivity contribution is -0.336. The van der Waals surface area contributed by atoms with Crippen molar-refractivity contribution in [3.05, 3.63) is 23.3 Å². The van der Waals surface area contributed by atoms with E-state index in [1.165, 1.54) is 12.7 Å². The number of ether oxygens (including phenoxy) is 10. The molecule has 6 heterocycles. The van der Waals surface area contributed by atoms with Crippen LogP contribution in [0.3, 0.4) is 0 Å². The van der Waals surface area contributed by atoms with Gasteiger partial charge in [0, 0.05) is 38.9 Å². The van der Waals surface area contributed by atoms with Crippen molar-refractivity contribution >= 4 is 11.9 Å². The molecule has 308 valence electrons. The van der Waals surface area contributed by atoms with Crippen LogP contribution in [0.1, 0.15) is 86.0 Å². The van der Waals surface area contributed by atoms with Crippen LogP contribution in [0.15, 0.2) is 23.3 Å². The highest BCUT2D eigenvalue weighted by atomic mass is 16.8. The lowest BCUT2D eigenvalue weighted by atomic mass is 9.55. The first-order valence-electron chi connectivity index (χ1n) is 20.1. The molecule has 0 bridgehead atoms. The summed E-state index contributed by atoms with van der Waals surface area (Å²) in [7, 11) is 1.53. The maximum Gasteiger partial charge on any atom is 0.336 e. The molecule has 15 heteroatoms. The topological polar surface area (TPSA) is 187 Å². The highest BCUT2D eigenvalue weighted by molar-refractivity contribution is 5.92. The van der Waals surface area contributed by atoms with Crippen LogP contribution in [-0.4, -0.2) is 133 Å².